The van der Waals surface area contributed by atoms with E-state index < -0.39 is 11.5 Å². The first-order valence-electron chi connectivity index (χ1n) is 6.92. The van der Waals surface area contributed by atoms with Crippen molar-refractivity contribution in [2.45, 2.75) is 51.0 Å². The summed E-state index contributed by atoms with van der Waals surface area (Å²) in [6.45, 7) is 6.11. The molecule has 0 atom stereocenters. The van der Waals surface area contributed by atoms with Gasteiger partial charge in [-0.05, 0) is 36.3 Å². The Bertz CT molecular complexity index is 539. The normalized spacial score (nSPS) is 17.1. The van der Waals surface area contributed by atoms with Crippen LogP contribution in [-0.4, -0.2) is 22.5 Å². The van der Waals surface area contributed by atoms with Crippen molar-refractivity contribution < 1.29 is 14.7 Å². The fraction of sp³-hybridized carbons (Fsp3) is 0.500. The molecule has 0 spiro atoms. The quantitative estimate of drug-likeness (QED) is 0.891. The van der Waals surface area contributed by atoms with Crippen LogP contribution in [0, 0.1) is 0 Å². The third kappa shape index (κ3) is 2.55. The third-order valence-corrected chi connectivity index (χ3v) is 3.95. The zero-order valence-electron chi connectivity index (χ0n) is 12.2. The fourth-order valence-electron chi connectivity index (χ4n) is 2.54. The lowest BCUT2D eigenvalue weighted by molar-refractivity contribution is -0.148. The molecule has 2 N–H and O–H groups in total. The van der Waals surface area contributed by atoms with Gasteiger partial charge in [0, 0.05) is 5.56 Å². The minimum atomic E-state index is -1.07. The lowest BCUT2D eigenvalue weighted by Crippen LogP contribution is -2.59. The minimum absolute atomic E-state index is 0.163. The van der Waals surface area contributed by atoms with Gasteiger partial charge < -0.3 is 10.4 Å². The Hall–Kier alpha value is -1.84. The van der Waals surface area contributed by atoms with Gasteiger partial charge in [-0.3, -0.25) is 4.79 Å². The van der Waals surface area contributed by atoms with Crippen LogP contribution in [0.4, 0.5) is 0 Å². The Morgan fingerprint density at radius 2 is 1.80 bits per heavy atom. The van der Waals surface area contributed by atoms with Crippen molar-refractivity contribution in [3.8, 4) is 0 Å². The second kappa shape index (κ2) is 4.93. The summed E-state index contributed by atoms with van der Waals surface area (Å²) < 4.78 is 0. The maximum absolute atomic E-state index is 12.5. The molecule has 0 heterocycles. The molecule has 1 aromatic carbocycles. The predicted molar refractivity (Wildman–Crippen MR) is 76.8 cm³/mol. The van der Waals surface area contributed by atoms with Crippen LogP contribution in [0.1, 0.15) is 56.0 Å². The average Bonchev–Trinajstić information content (AvgIpc) is 2.32. The van der Waals surface area contributed by atoms with Crippen LogP contribution in [0.5, 0.6) is 0 Å². The lowest BCUT2D eigenvalue weighted by atomic mass is 9.76. The summed E-state index contributed by atoms with van der Waals surface area (Å²) in [7, 11) is 0. The molecule has 0 radical (unpaired) electrons. The van der Waals surface area contributed by atoms with E-state index in [1.165, 1.54) is 0 Å². The fourth-order valence-corrected chi connectivity index (χ4v) is 2.54. The van der Waals surface area contributed by atoms with Crippen LogP contribution in [-0.2, 0) is 10.2 Å². The molecule has 0 aromatic heterocycles. The Morgan fingerprint density at radius 3 is 2.25 bits per heavy atom. The molecule has 0 unspecified atom stereocenters. The summed E-state index contributed by atoms with van der Waals surface area (Å²) in [5.41, 5.74) is 0.260. The van der Waals surface area contributed by atoms with Crippen molar-refractivity contribution in [2.24, 2.45) is 0 Å². The van der Waals surface area contributed by atoms with Crippen LogP contribution >= 0.6 is 0 Å². The van der Waals surface area contributed by atoms with Crippen LogP contribution in [0.25, 0.3) is 0 Å². The summed E-state index contributed by atoms with van der Waals surface area (Å²) in [5.74, 6) is -1.23. The first-order chi connectivity index (χ1) is 9.26. The van der Waals surface area contributed by atoms with E-state index in [0.29, 0.717) is 18.4 Å². The van der Waals surface area contributed by atoms with Gasteiger partial charge in [-0.25, -0.2) is 4.79 Å². The van der Waals surface area contributed by atoms with Gasteiger partial charge in [0.25, 0.3) is 5.91 Å². The van der Waals surface area contributed by atoms with Crippen LogP contribution in [0.3, 0.4) is 0 Å². The number of carbonyl (C=O) groups excluding carboxylic acids is 1. The number of benzene rings is 1. The molecule has 20 heavy (non-hydrogen) atoms. The second-order valence-electron chi connectivity index (χ2n) is 6.49. The average molecular weight is 275 g/mol. The molecule has 1 fully saturated rings. The smallest absolute Gasteiger partial charge is 0.329 e. The van der Waals surface area contributed by atoms with Crippen molar-refractivity contribution in [3.63, 3.8) is 0 Å². The van der Waals surface area contributed by atoms with E-state index in [9.17, 15) is 14.7 Å². The molecule has 0 saturated heterocycles. The Kier molecular flexibility index (Phi) is 3.59. The van der Waals surface area contributed by atoms with Crippen LogP contribution < -0.4 is 5.32 Å². The SMILES string of the molecule is CC(C)(C)c1ccccc1C(=O)NC1(C(=O)O)CCC1. The highest BCUT2D eigenvalue weighted by molar-refractivity contribution is 5.99. The second-order valence-corrected chi connectivity index (χ2v) is 6.49. The standard InChI is InChI=1S/C16H21NO3/c1-15(2,3)12-8-5-4-7-11(12)13(18)17-16(14(19)20)9-6-10-16/h4-5,7-8H,6,9-10H2,1-3H3,(H,17,18)(H,19,20). The highest BCUT2D eigenvalue weighted by Gasteiger charge is 2.46. The summed E-state index contributed by atoms with van der Waals surface area (Å²) in [6, 6.07) is 7.37. The Labute approximate surface area is 119 Å². The van der Waals surface area contributed by atoms with Gasteiger partial charge in [0.1, 0.15) is 5.54 Å². The van der Waals surface area contributed by atoms with Gasteiger partial charge in [-0.2, -0.15) is 0 Å². The number of nitrogens with one attached hydrogen (secondary N) is 1. The van der Waals surface area contributed by atoms with Crippen molar-refractivity contribution in [3.05, 3.63) is 35.4 Å². The molecule has 1 aromatic rings. The number of amides is 1. The molecule has 2 rings (SSSR count). The first-order valence-corrected chi connectivity index (χ1v) is 6.92. The van der Waals surface area contributed by atoms with Gasteiger partial charge in [-0.1, -0.05) is 39.0 Å². The molecule has 1 aliphatic rings. The molecule has 4 heteroatoms. The molecule has 1 aliphatic carbocycles. The van der Waals surface area contributed by atoms with Crippen molar-refractivity contribution in [1.29, 1.82) is 0 Å². The Morgan fingerprint density at radius 1 is 1.20 bits per heavy atom. The maximum atomic E-state index is 12.5. The zero-order chi connectivity index (χ0) is 15.0. The summed E-state index contributed by atoms with van der Waals surface area (Å²) in [4.78, 5) is 23.8. The van der Waals surface area contributed by atoms with E-state index in [4.69, 9.17) is 0 Å². The zero-order valence-corrected chi connectivity index (χ0v) is 12.2. The van der Waals surface area contributed by atoms with E-state index in [0.717, 1.165) is 12.0 Å². The number of hydrogen-bond acceptors (Lipinski definition) is 2. The van der Waals surface area contributed by atoms with E-state index in [-0.39, 0.29) is 11.3 Å². The number of rotatable bonds is 3. The van der Waals surface area contributed by atoms with E-state index in [1.54, 1.807) is 12.1 Å². The first kappa shape index (κ1) is 14.6. The Balaban J connectivity index is 2.29. The number of carboxylic acid groups (broad SMARTS) is 1. The van der Waals surface area contributed by atoms with Gasteiger partial charge in [-0.15, -0.1) is 0 Å². The monoisotopic (exact) mass is 275 g/mol. The molecule has 1 saturated carbocycles. The molecule has 0 aliphatic heterocycles. The van der Waals surface area contributed by atoms with Gasteiger partial charge in [0.05, 0.1) is 0 Å². The maximum Gasteiger partial charge on any atom is 0.329 e. The number of aliphatic carboxylic acids is 1. The summed E-state index contributed by atoms with van der Waals surface area (Å²) in [5, 5.41) is 12.0. The molecule has 0 bridgehead atoms. The number of carbonyl (C=O) groups is 2. The molecular weight excluding hydrogens is 254 g/mol. The topological polar surface area (TPSA) is 66.4 Å². The number of hydrogen-bond donors (Lipinski definition) is 2. The van der Waals surface area contributed by atoms with Crippen molar-refractivity contribution in [1.82, 2.24) is 5.32 Å². The van der Waals surface area contributed by atoms with Gasteiger partial charge in [0.15, 0.2) is 0 Å². The molecular formula is C16H21NO3. The third-order valence-electron chi connectivity index (χ3n) is 3.95. The van der Waals surface area contributed by atoms with Crippen molar-refractivity contribution in [2.75, 3.05) is 0 Å². The van der Waals surface area contributed by atoms with Crippen LogP contribution in [0.15, 0.2) is 24.3 Å². The highest BCUT2D eigenvalue weighted by Crippen LogP contribution is 2.33. The van der Waals surface area contributed by atoms with E-state index >= 15 is 0 Å². The van der Waals surface area contributed by atoms with Gasteiger partial charge in [0.2, 0.25) is 0 Å². The lowest BCUT2D eigenvalue weighted by Gasteiger charge is -2.38. The molecule has 1 amide bonds. The highest BCUT2D eigenvalue weighted by atomic mass is 16.4. The summed E-state index contributed by atoms with van der Waals surface area (Å²) >= 11 is 0. The molecule has 108 valence electrons. The van der Waals surface area contributed by atoms with Gasteiger partial charge >= 0.3 is 5.97 Å². The minimum Gasteiger partial charge on any atom is -0.480 e. The van der Waals surface area contributed by atoms with E-state index in [1.807, 2.05) is 32.9 Å². The largest absolute Gasteiger partial charge is 0.480 e. The van der Waals surface area contributed by atoms with Crippen LogP contribution in [0.2, 0.25) is 0 Å². The molecule has 4 nitrogen and oxygen atoms in total. The predicted octanol–water partition coefficient (Wildman–Crippen LogP) is 2.72. The summed E-state index contributed by atoms with van der Waals surface area (Å²) in [6.07, 6.45) is 1.85. The van der Waals surface area contributed by atoms with Crippen molar-refractivity contribution >= 4 is 11.9 Å². The number of carboxylic acids is 1. The van der Waals surface area contributed by atoms with E-state index in [2.05, 4.69) is 5.32 Å².